The van der Waals surface area contributed by atoms with Crippen LogP contribution in [0.2, 0.25) is 0 Å². The van der Waals surface area contributed by atoms with Gasteiger partial charge in [-0.1, -0.05) is 49.0 Å². The Morgan fingerprint density at radius 1 is 1.06 bits per heavy atom. The third-order valence-electron chi connectivity index (χ3n) is 5.30. The van der Waals surface area contributed by atoms with Crippen LogP contribution in [0.5, 0.6) is 0 Å². The first-order chi connectivity index (χ1) is 16.9. The molecule has 0 atom stereocenters. The smallest absolute Gasteiger partial charge is 0.329 e. The first-order valence-electron chi connectivity index (χ1n) is 10.9. The number of aromatic nitrogens is 5. The number of aromatic amines is 1. The molecule has 0 saturated heterocycles. The number of hydrogen-bond acceptors (Lipinski definition) is 7. The van der Waals surface area contributed by atoms with Gasteiger partial charge in [-0.15, -0.1) is 10.2 Å². The lowest BCUT2D eigenvalue weighted by atomic mass is 10.2. The fourth-order valence-electron chi connectivity index (χ4n) is 3.62. The molecule has 35 heavy (non-hydrogen) atoms. The van der Waals surface area contributed by atoms with E-state index in [4.69, 9.17) is 5.73 Å². The van der Waals surface area contributed by atoms with Crippen molar-refractivity contribution in [1.82, 2.24) is 24.3 Å². The van der Waals surface area contributed by atoms with Crippen molar-refractivity contribution in [2.24, 2.45) is 0 Å². The molecular formula is C24H23FN6O3S. The van der Waals surface area contributed by atoms with Gasteiger partial charge in [0, 0.05) is 12.1 Å². The lowest BCUT2D eigenvalue weighted by Crippen LogP contribution is -2.36. The molecular weight excluding hydrogens is 471 g/mol. The SMILES string of the molecule is CCCn1c(N)c(C(=O)CSc2nnc(-c3ccc(F)cc3)n2Cc2ccccc2)c(=O)[nH]c1=O. The number of Topliss-reactive ketones (excluding diaryl/α,β-unsaturated/α-hetero) is 1. The predicted octanol–water partition coefficient (Wildman–Crippen LogP) is 2.95. The number of nitrogens with two attached hydrogens (primary N) is 1. The number of thioether (sulfide) groups is 1. The number of ketones is 1. The van der Waals surface area contributed by atoms with Gasteiger partial charge in [0.25, 0.3) is 5.56 Å². The number of carbonyl (C=O) groups is 1. The number of nitrogen functional groups attached to an aromatic ring is 1. The van der Waals surface area contributed by atoms with E-state index in [1.807, 2.05) is 41.8 Å². The predicted molar refractivity (Wildman–Crippen MR) is 132 cm³/mol. The molecule has 9 nitrogen and oxygen atoms in total. The minimum absolute atomic E-state index is 0.145. The van der Waals surface area contributed by atoms with Crippen LogP contribution in [-0.4, -0.2) is 35.9 Å². The number of nitrogens with zero attached hydrogens (tertiary/aromatic N) is 4. The van der Waals surface area contributed by atoms with Gasteiger partial charge >= 0.3 is 5.69 Å². The molecule has 0 radical (unpaired) electrons. The molecule has 0 spiro atoms. The molecule has 0 amide bonds. The van der Waals surface area contributed by atoms with Gasteiger partial charge in [0.15, 0.2) is 16.8 Å². The lowest BCUT2D eigenvalue weighted by molar-refractivity contribution is 0.102. The second-order valence-corrected chi connectivity index (χ2v) is 8.71. The Balaban J connectivity index is 1.65. The fraction of sp³-hybridized carbons (Fsp3) is 0.208. The summed E-state index contributed by atoms with van der Waals surface area (Å²) in [5.41, 5.74) is 5.95. The molecule has 180 valence electrons. The lowest BCUT2D eigenvalue weighted by Gasteiger charge is -2.12. The van der Waals surface area contributed by atoms with Gasteiger partial charge in [0.05, 0.1) is 12.3 Å². The van der Waals surface area contributed by atoms with Crippen LogP contribution in [0.4, 0.5) is 10.2 Å². The number of carbonyl (C=O) groups excluding carboxylic acids is 1. The van der Waals surface area contributed by atoms with E-state index in [1.165, 1.54) is 16.7 Å². The molecule has 11 heteroatoms. The van der Waals surface area contributed by atoms with Crippen LogP contribution in [0.1, 0.15) is 29.3 Å². The molecule has 0 aliphatic carbocycles. The summed E-state index contributed by atoms with van der Waals surface area (Å²) in [6.07, 6.45) is 0.604. The van der Waals surface area contributed by atoms with Crippen molar-refractivity contribution >= 4 is 23.4 Å². The van der Waals surface area contributed by atoms with Crippen molar-refractivity contribution < 1.29 is 9.18 Å². The minimum Gasteiger partial charge on any atom is -0.384 e. The van der Waals surface area contributed by atoms with Crippen LogP contribution in [0.15, 0.2) is 69.3 Å². The summed E-state index contributed by atoms with van der Waals surface area (Å²) < 4.78 is 16.5. The van der Waals surface area contributed by atoms with E-state index in [0.717, 1.165) is 17.3 Å². The highest BCUT2D eigenvalue weighted by Gasteiger charge is 2.21. The Labute approximate surface area is 203 Å². The molecule has 0 aliphatic heterocycles. The van der Waals surface area contributed by atoms with Gasteiger partial charge < -0.3 is 5.73 Å². The second kappa shape index (κ2) is 10.5. The molecule has 2 aromatic heterocycles. The van der Waals surface area contributed by atoms with Crippen molar-refractivity contribution in [2.45, 2.75) is 31.6 Å². The number of nitrogens with one attached hydrogen (secondary N) is 1. The first kappa shape index (κ1) is 24.1. The molecule has 2 heterocycles. The van der Waals surface area contributed by atoms with Gasteiger partial charge in [-0.3, -0.25) is 23.7 Å². The molecule has 0 fully saturated rings. The third-order valence-corrected chi connectivity index (χ3v) is 6.27. The summed E-state index contributed by atoms with van der Waals surface area (Å²) in [6.45, 7) is 2.55. The first-order valence-corrected chi connectivity index (χ1v) is 11.9. The summed E-state index contributed by atoms with van der Waals surface area (Å²) in [5.74, 6) is -0.679. The van der Waals surface area contributed by atoms with Crippen molar-refractivity contribution in [3.8, 4) is 11.4 Å². The number of hydrogen-bond donors (Lipinski definition) is 2. The van der Waals surface area contributed by atoms with E-state index in [2.05, 4.69) is 15.2 Å². The van der Waals surface area contributed by atoms with Crippen molar-refractivity contribution in [2.75, 3.05) is 11.5 Å². The highest BCUT2D eigenvalue weighted by atomic mass is 32.2. The average molecular weight is 495 g/mol. The fourth-order valence-corrected chi connectivity index (χ4v) is 4.43. The van der Waals surface area contributed by atoms with Crippen molar-refractivity contribution in [3.05, 3.63) is 92.4 Å². The van der Waals surface area contributed by atoms with Crippen LogP contribution in [0.25, 0.3) is 11.4 Å². The quantitative estimate of drug-likeness (QED) is 0.270. The normalized spacial score (nSPS) is 11.0. The maximum Gasteiger partial charge on any atom is 0.329 e. The zero-order chi connectivity index (χ0) is 24.9. The largest absolute Gasteiger partial charge is 0.384 e. The maximum atomic E-state index is 13.4. The zero-order valence-electron chi connectivity index (χ0n) is 18.9. The number of anilines is 1. The topological polar surface area (TPSA) is 129 Å². The minimum atomic E-state index is -0.816. The van der Waals surface area contributed by atoms with Crippen LogP contribution in [0.3, 0.4) is 0 Å². The van der Waals surface area contributed by atoms with Gasteiger partial charge in [0.2, 0.25) is 0 Å². The Morgan fingerprint density at radius 2 is 1.77 bits per heavy atom. The highest BCUT2D eigenvalue weighted by Crippen LogP contribution is 2.26. The van der Waals surface area contributed by atoms with Crippen molar-refractivity contribution in [3.63, 3.8) is 0 Å². The van der Waals surface area contributed by atoms with Crippen LogP contribution in [-0.2, 0) is 13.1 Å². The number of rotatable bonds is 9. The van der Waals surface area contributed by atoms with Gasteiger partial charge in [-0.05, 0) is 36.2 Å². The Kier molecular flexibility index (Phi) is 7.25. The van der Waals surface area contributed by atoms with Gasteiger partial charge in [0.1, 0.15) is 17.2 Å². The summed E-state index contributed by atoms with van der Waals surface area (Å²) in [6, 6.07) is 15.5. The number of benzene rings is 2. The molecule has 4 rings (SSSR count). The van der Waals surface area contributed by atoms with E-state index in [1.54, 1.807) is 12.1 Å². The average Bonchev–Trinajstić information content (AvgIpc) is 3.23. The van der Waals surface area contributed by atoms with E-state index < -0.39 is 17.0 Å². The van der Waals surface area contributed by atoms with E-state index >= 15 is 0 Å². The Bertz CT molecular complexity index is 1460. The number of H-pyrrole nitrogens is 1. The van der Waals surface area contributed by atoms with E-state index in [0.29, 0.717) is 29.5 Å². The monoisotopic (exact) mass is 494 g/mol. The Morgan fingerprint density at radius 3 is 2.46 bits per heavy atom. The van der Waals surface area contributed by atoms with Gasteiger partial charge in [-0.25, -0.2) is 9.18 Å². The summed E-state index contributed by atoms with van der Waals surface area (Å²) >= 11 is 1.10. The Hall–Kier alpha value is -3.99. The molecule has 2 aromatic carbocycles. The standard InChI is InChI=1S/C24H23FN6O3S/c1-2-12-30-20(26)19(22(33)27-23(30)34)18(32)14-35-24-29-28-21(16-8-10-17(25)11-9-16)31(24)13-15-6-4-3-5-7-15/h3-11H,2,12-14,26H2,1H3,(H,27,33,34). The molecule has 4 aromatic rings. The highest BCUT2D eigenvalue weighted by molar-refractivity contribution is 7.99. The molecule has 0 bridgehead atoms. The second-order valence-electron chi connectivity index (χ2n) is 7.77. The van der Waals surface area contributed by atoms with Crippen LogP contribution in [0, 0.1) is 5.82 Å². The maximum absolute atomic E-state index is 13.4. The molecule has 3 N–H and O–H groups in total. The van der Waals surface area contributed by atoms with Crippen LogP contribution >= 0.6 is 11.8 Å². The summed E-state index contributed by atoms with van der Waals surface area (Å²) in [7, 11) is 0. The third kappa shape index (κ3) is 5.24. The van der Waals surface area contributed by atoms with Crippen LogP contribution < -0.4 is 17.0 Å². The number of halogens is 1. The molecule has 0 aliphatic rings. The summed E-state index contributed by atoms with van der Waals surface area (Å²) in [4.78, 5) is 39.5. The van der Waals surface area contributed by atoms with Gasteiger partial charge in [-0.2, -0.15) is 0 Å². The van der Waals surface area contributed by atoms with Crippen molar-refractivity contribution in [1.29, 1.82) is 0 Å². The molecule has 0 saturated carbocycles. The summed E-state index contributed by atoms with van der Waals surface area (Å²) in [5, 5.41) is 8.95. The molecule has 0 unspecified atom stereocenters. The zero-order valence-corrected chi connectivity index (χ0v) is 19.7. The van der Waals surface area contributed by atoms with E-state index in [9.17, 15) is 18.8 Å². The van der Waals surface area contributed by atoms with E-state index in [-0.39, 0.29) is 29.5 Å².